The van der Waals surface area contributed by atoms with E-state index in [9.17, 15) is 9.18 Å². The first kappa shape index (κ1) is 21.1. The van der Waals surface area contributed by atoms with Gasteiger partial charge in [-0.25, -0.2) is 24.3 Å². The van der Waals surface area contributed by atoms with Crippen molar-refractivity contribution in [3.8, 4) is 16.4 Å². The molecular formula is C21H22BFN6OS. The largest absolute Gasteiger partial charge is 0.310 e. The van der Waals surface area contributed by atoms with Crippen molar-refractivity contribution in [2.75, 3.05) is 18.1 Å². The molecule has 1 saturated heterocycles. The summed E-state index contributed by atoms with van der Waals surface area (Å²) in [5.41, 5.74) is 2.16. The summed E-state index contributed by atoms with van der Waals surface area (Å²) in [5, 5.41) is 11.0. The first-order valence-electron chi connectivity index (χ1n) is 10.3. The van der Waals surface area contributed by atoms with Gasteiger partial charge in [-0.1, -0.05) is 13.8 Å². The zero-order valence-electron chi connectivity index (χ0n) is 17.7. The smallest absolute Gasteiger partial charge is 0.289 e. The van der Waals surface area contributed by atoms with E-state index in [1.165, 1.54) is 23.7 Å². The lowest BCUT2D eigenvalue weighted by Gasteiger charge is -2.30. The summed E-state index contributed by atoms with van der Waals surface area (Å²) < 4.78 is 18.2. The Bertz CT molecular complexity index is 1350. The molecule has 0 saturated carbocycles. The molecule has 0 atom stereocenters. The first-order valence-corrected chi connectivity index (χ1v) is 11.2. The fraction of sp³-hybridized carbons (Fsp3) is 0.333. The molecule has 4 aromatic heterocycles. The Balaban J connectivity index is 0.00000112. The van der Waals surface area contributed by atoms with Crippen LogP contribution in [0.1, 0.15) is 19.5 Å². The summed E-state index contributed by atoms with van der Waals surface area (Å²) >= 11 is 1.31. The number of rotatable bonds is 2. The van der Waals surface area contributed by atoms with Crippen LogP contribution in [0.15, 0.2) is 35.6 Å². The number of aryl methyl sites for hydroxylation is 1. The second kappa shape index (κ2) is 8.51. The van der Waals surface area contributed by atoms with Crippen molar-refractivity contribution < 1.29 is 4.39 Å². The highest BCUT2D eigenvalue weighted by atomic mass is 32.1. The standard InChI is InChI=1S/C19H16BFN6OS.C2H6/c1-12-8-25-9-13(6-14(21)18(25)24-12)16-7-15-17(29-16)19(28)27(11-23-15)26-4-2-20(10-22)3-5-26;1-2/h6-9,11H,2-5H2,1H3;1-2H3. The van der Waals surface area contributed by atoms with Crippen molar-refractivity contribution >= 4 is 33.9 Å². The van der Waals surface area contributed by atoms with Gasteiger partial charge in [-0.15, -0.1) is 11.3 Å². The highest BCUT2D eigenvalue weighted by molar-refractivity contribution is 7.22. The monoisotopic (exact) mass is 436 g/mol. The minimum atomic E-state index is -0.404. The molecule has 1 aliphatic rings. The molecule has 0 spiro atoms. The molecular weight excluding hydrogens is 414 g/mol. The van der Waals surface area contributed by atoms with E-state index < -0.39 is 5.82 Å². The molecule has 0 radical (unpaired) electrons. The van der Waals surface area contributed by atoms with E-state index in [0.717, 1.165) is 23.2 Å². The number of fused-ring (bicyclic) bond motifs is 2. The van der Waals surface area contributed by atoms with E-state index in [0.29, 0.717) is 28.9 Å². The Morgan fingerprint density at radius 3 is 2.68 bits per heavy atom. The molecule has 0 aromatic carbocycles. The van der Waals surface area contributed by atoms with Crippen LogP contribution >= 0.6 is 11.3 Å². The van der Waals surface area contributed by atoms with Crippen molar-refractivity contribution in [1.82, 2.24) is 19.0 Å². The predicted molar refractivity (Wildman–Crippen MR) is 123 cm³/mol. The second-order valence-corrected chi connectivity index (χ2v) is 8.32. The van der Waals surface area contributed by atoms with Gasteiger partial charge in [0.25, 0.3) is 12.3 Å². The third-order valence-electron chi connectivity index (χ3n) is 5.29. The number of thiophene rings is 1. The number of pyridine rings is 1. The lowest BCUT2D eigenvalue weighted by Crippen LogP contribution is -2.48. The van der Waals surface area contributed by atoms with E-state index in [2.05, 4.69) is 15.9 Å². The van der Waals surface area contributed by atoms with Gasteiger partial charge >= 0.3 is 0 Å². The van der Waals surface area contributed by atoms with Crippen LogP contribution in [0.25, 0.3) is 26.3 Å². The maximum Gasteiger partial charge on any atom is 0.289 e. The summed E-state index contributed by atoms with van der Waals surface area (Å²) in [6.45, 7) is 7.15. The molecule has 4 aromatic rings. The van der Waals surface area contributed by atoms with Gasteiger partial charge in [0.05, 0.1) is 11.2 Å². The van der Waals surface area contributed by atoms with Crippen molar-refractivity contribution in [3.05, 3.63) is 52.7 Å². The number of nitriles is 1. The van der Waals surface area contributed by atoms with Gasteiger partial charge < -0.3 is 9.41 Å². The van der Waals surface area contributed by atoms with Gasteiger partial charge in [0.2, 0.25) is 0 Å². The van der Waals surface area contributed by atoms with Gasteiger partial charge in [0, 0.05) is 41.9 Å². The molecule has 1 fully saturated rings. The molecule has 0 bridgehead atoms. The van der Waals surface area contributed by atoms with Crippen LogP contribution in [0.4, 0.5) is 4.39 Å². The lowest BCUT2D eigenvalue weighted by atomic mass is 9.45. The fourth-order valence-corrected chi connectivity index (χ4v) is 4.79. The molecule has 7 nitrogen and oxygen atoms in total. The molecule has 5 heterocycles. The lowest BCUT2D eigenvalue weighted by molar-refractivity contribution is 0.580. The zero-order chi connectivity index (χ0) is 22.1. The molecule has 0 amide bonds. The van der Waals surface area contributed by atoms with Gasteiger partial charge in [-0.3, -0.25) is 4.79 Å². The zero-order valence-corrected chi connectivity index (χ0v) is 18.5. The number of hydrogen-bond donors (Lipinski definition) is 0. The van der Waals surface area contributed by atoms with Crippen molar-refractivity contribution in [3.63, 3.8) is 0 Å². The summed E-state index contributed by atoms with van der Waals surface area (Å²) in [4.78, 5) is 22.4. The fourth-order valence-electron chi connectivity index (χ4n) is 3.77. The van der Waals surface area contributed by atoms with E-state index >= 15 is 0 Å². The summed E-state index contributed by atoms with van der Waals surface area (Å²) in [7, 11) is 0. The highest BCUT2D eigenvalue weighted by Gasteiger charge is 2.24. The third kappa shape index (κ3) is 3.81. The SMILES string of the molecule is CC.Cc1cn2cc(-c3cc4ncn(N5CCB(C#N)CC5)c(=O)c4s3)cc(F)c2n1. The minimum Gasteiger partial charge on any atom is -0.310 e. The van der Waals surface area contributed by atoms with Crippen molar-refractivity contribution in [2.24, 2.45) is 0 Å². The predicted octanol–water partition coefficient (Wildman–Crippen LogP) is 3.76. The second-order valence-electron chi connectivity index (χ2n) is 7.27. The van der Waals surface area contributed by atoms with Gasteiger partial charge in [0.1, 0.15) is 11.0 Å². The highest BCUT2D eigenvalue weighted by Crippen LogP contribution is 2.32. The Morgan fingerprint density at radius 1 is 1.23 bits per heavy atom. The van der Waals surface area contributed by atoms with Crippen LogP contribution in [-0.4, -0.2) is 38.8 Å². The summed E-state index contributed by atoms with van der Waals surface area (Å²) in [5.74, 6) is 1.89. The van der Waals surface area contributed by atoms with E-state index in [1.54, 1.807) is 15.3 Å². The number of nitrogens with zero attached hydrogens (tertiary/aromatic N) is 6. The topological polar surface area (TPSA) is 79.2 Å². The normalized spacial score (nSPS) is 13.9. The first-order chi connectivity index (χ1) is 15.0. The summed E-state index contributed by atoms with van der Waals surface area (Å²) in [6, 6.07) is 3.26. The molecule has 0 N–H and O–H groups in total. The molecule has 31 heavy (non-hydrogen) atoms. The van der Waals surface area contributed by atoms with Gasteiger partial charge in [-0.2, -0.15) is 0 Å². The molecule has 158 valence electrons. The molecule has 0 aliphatic carbocycles. The van der Waals surface area contributed by atoms with Crippen molar-refractivity contribution in [1.29, 1.82) is 5.26 Å². The third-order valence-corrected chi connectivity index (χ3v) is 6.45. The summed E-state index contributed by atoms with van der Waals surface area (Å²) in [6.07, 6.45) is 6.59. The average Bonchev–Trinajstić information content (AvgIpc) is 3.39. The maximum atomic E-state index is 14.5. The Morgan fingerprint density at radius 2 is 1.97 bits per heavy atom. The molecule has 10 heteroatoms. The molecule has 1 aliphatic heterocycles. The number of hydrogen-bond acceptors (Lipinski definition) is 6. The number of aromatic nitrogens is 4. The molecule has 0 unspecified atom stereocenters. The van der Waals surface area contributed by atoms with Gasteiger partial charge in [0.15, 0.2) is 11.5 Å². The van der Waals surface area contributed by atoms with E-state index in [1.807, 2.05) is 38.0 Å². The van der Waals surface area contributed by atoms with Crippen LogP contribution < -0.4 is 10.6 Å². The van der Waals surface area contributed by atoms with Crippen LogP contribution in [0, 0.1) is 24.0 Å². The number of halogens is 1. The number of imidazole rings is 1. The van der Waals surface area contributed by atoms with E-state index in [-0.39, 0.29) is 17.9 Å². The van der Waals surface area contributed by atoms with E-state index in [4.69, 9.17) is 5.26 Å². The van der Waals surface area contributed by atoms with Crippen LogP contribution in [-0.2, 0) is 0 Å². The maximum absolute atomic E-state index is 14.5. The Kier molecular flexibility index (Phi) is 5.78. The Labute approximate surface area is 183 Å². The quantitative estimate of drug-likeness (QED) is 0.447. The minimum absolute atomic E-state index is 0.0450. The van der Waals surface area contributed by atoms with Crippen molar-refractivity contribution in [2.45, 2.75) is 33.4 Å². The van der Waals surface area contributed by atoms with Crippen LogP contribution in [0.5, 0.6) is 0 Å². The van der Waals surface area contributed by atoms with Crippen LogP contribution in [0.2, 0.25) is 12.6 Å². The molecule has 5 rings (SSSR count). The average molecular weight is 436 g/mol. The van der Waals surface area contributed by atoms with Gasteiger partial charge in [-0.05, 0) is 31.7 Å². The Hall–Kier alpha value is -3.19. The van der Waals surface area contributed by atoms with Crippen LogP contribution in [0.3, 0.4) is 0 Å².